The van der Waals surface area contributed by atoms with Gasteiger partial charge >= 0.3 is 0 Å². The Labute approximate surface area is 108 Å². The zero-order valence-corrected chi connectivity index (χ0v) is 9.95. The third kappa shape index (κ3) is 2.45. The van der Waals surface area contributed by atoms with E-state index in [1.165, 1.54) is 0 Å². The molecule has 2 aromatic carbocycles. The van der Waals surface area contributed by atoms with E-state index in [4.69, 9.17) is 9.47 Å². The van der Waals surface area contributed by atoms with Crippen molar-refractivity contribution in [2.45, 2.75) is 0 Å². The van der Waals surface area contributed by atoms with Crippen LogP contribution in [0.25, 0.3) is 0 Å². The van der Waals surface area contributed by atoms with Crippen LogP contribution in [0.15, 0.2) is 36.4 Å². The van der Waals surface area contributed by atoms with Gasteiger partial charge in [0.2, 0.25) is 0 Å². The molecule has 1 N–H and O–H groups in total. The second-order valence-corrected chi connectivity index (χ2v) is 4.11. The third-order valence-corrected chi connectivity index (χ3v) is 2.75. The summed E-state index contributed by atoms with van der Waals surface area (Å²) in [6.45, 7) is 0.989. The van der Waals surface area contributed by atoms with E-state index in [1.54, 1.807) is 18.2 Å². The second-order valence-electron chi connectivity index (χ2n) is 4.11. The van der Waals surface area contributed by atoms with Crippen molar-refractivity contribution in [3.8, 4) is 11.5 Å². The lowest BCUT2D eigenvalue weighted by atomic mass is 10.2. The largest absolute Gasteiger partial charge is 0.486 e. The van der Waals surface area contributed by atoms with E-state index in [0.29, 0.717) is 30.4 Å². The topological polar surface area (TPSA) is 30.5 Å². The van der Waals surface area contributed by atoms with Crippen LogP contribution in [0.3, 0.4) is 0 Å². The number of hydrogen-bond donors (Lipinski definition) is 1. The monoisotopic (exact) mass is 263 g/mol. The minimum atomic E-state index is -0.517. The van der Waals surface area contributed by atoms with E-state index in [1.807, 2.05) is 0 Å². The Morgan fingerprint density at radius 1 is 0.895 bits per heavy atom. The maximum absolute atomic E-state index is 13.5. The molecule has 3 nitrogen and oxygen atoms in total. The predicted molar refractivity (Wildman–Crippen MR) is 67.1 cm³/mol. The van der Waals surface area contributed by atoms with Gasteiger partial charge in [-0.15, -0.1) is 0 Å². The van der Waals surface area contributed by atoms with Crippen LogP contribution in [0.2, 0.25) is 0 Å². The molecular formula is C14H11F2NO2. The van der Waals surface area contributed by atoms with Gasteiger partial charge in [0.25, 0.3) is 0 Å². The molecule has 98 valence electrons. The minimum absolute atomic E-state index is 0.0803. The molecule has 19 heavy (non-hydrogen) atoms. The van der Waals surface area contributed by atoms with Crippen molar-refractivity contribution in [2.24, 2.45) is 0 Å². The predicted octanol–water partition coefficient (Wildman–Crippen LogP) is 3.48. The van der Waals surface area contributed by atoms with Crippen LogP contribution in [0.1, 0.15) is 0 Å². The number of halogens is 2. The van der Waals surface area contributed by atoms with Gasteiger partial charge in [-0.3, -0.25) is 0 Å². The molecule has 1 heterocycles. The highest BCUT2D eigenvalue weighted by Gasteiger charge is 2.12. The molecule has 5 heteroatoms. The lowest BCUT2D eigenvalue weighted by Crippen LogP contribution is -2.15. The van der Waals surface area contributed by atoms with Crippen LogP contribution in [0.4, 0.5) is 20.2 Å². The lowest BCUT2D eigenvalue weighted by Gasteiger charge is -2.19. The van der Waals surface area contributed by atoms with Crippen molar-refractivity contribution in [1.29, 1.82) is 0 Å². The van der Waals surface area contributed by atoms with Crippen LogP contribution < -0.4 is 14.8 Å². The number of ether oxygens (including phenoxy) is 2. The van der Waals surface area contributed by atoms with E-state index in [0.717, 1.165) is 18.2 Å². The fourth-order valence-electron chi connectivity index (χ4n) is 1.87. The highest BCUT2D eigenvalue weighted by molar-refractivity contribution is 5.64. The summed E-state index contributed by atoms with van der Waals surface area (Å²) >= 11 is 0. The molecule has 0 atom stereocenters. The first kappa shape index (κ1) is 11.8. The van der Waals surface area contributed by atoms with Crippen LogP contribution in [0.5, 0.6) is 11.5 Å². The summed E-state index contributed by atoms with van der Waals surface area (Å²) in [6.07, 6.45) is 0. The van der Waals surface area contributed by atoms with Crippen LogP contribution >= 0.6 is 0 Å². The Morgan fingerprint density at radius 2 is 1.68 bits per heavy atom. The molecule has 0 radical (unpaired) electrons. The standard InChI is InChI=1S/C14H11F2NO2/c15-9-1-3-11(16)12(7-9)17-10-2-4-13-14(8-10)19-6-5-18-13/h1-4,7-8,17H,5-6H2. The van der Waals surface area contributed by atoms with Crippen molar-refractivity contribution in [3.63, 3.8) is 0 Å². The summed E-state index contributed by atoms with van der Waals surface area (Å²) in [7, 11) is 0. The molecule has 0 bridgehead atoms. The average Bonchev–Trinajstić information content (AvgIpc) is 2.43. The Hall–Kier alpha value is -2.30. The van der Waals surface area contributed by atoms with E-state index in [9.17, 15) is 8.78 Å². The van der Waals surface area contributed by atoms with Crippen LogP contribution in [-0.2, 0) is 0 Å². The summed E-state index contributed by atoms with van der Waals surface area (Å²) in [5.41, 5.74) is 0.686. The Kier molecular flexibility index (Phi) is 2.95. The molecule has 1 aliphatic heterocycles. The molecule has 0 aromatic heterocycles. The maximum Gasteiger partial charge on any atom is 0.163 e. The van der Waals surface area contributed by atoms with Gasteiger partial charge in [-0.25, -0.2) is 8.78 Å². The zero-order valence-electron chi connectivity index (χ0n) is 9.95. The van der Waals surface area contributed by atoms with Gasteiger partial charge < -0.3 is 14.8 Å². The molecule has 0 unspecified atom stereocenters. The van der Waals surface area contributed by atoms with Crippen molar-refractivity contribution in [3.05, 3.63) is 48.0 Å². The Balaban J connectivity index is 1.89. The summed E-state index contributed by atoms with van der Waals surface area (Å²) in [5.74, 6) is 0.224. The van der Waals surface area contributed by atoms with Crippen molar-refractivity contribution in [1.82, 2.24) is 0 Å². The highest BCUT2D eigenvalue weighted by atomic mass is 19.1. The second kappa shape index (κ2) is 4.76. The van der Waals surface area contributed by atoms with Gasteiger partial charge in [-0.1, -0.05) is 0 Å². The van der Waals surface area contributed by atoms with Crippen molar-refractivity contribution < 1.29 is 18.3 Å². The molecule has 0 saturated carbocycles. The van der Waals surface area contributed by atoms with E-state index >= 15 is 0 Å². The first-order chi connectivity index (χ1) is 9.22. The molecule has 2 aromatic rings. The minimum Gasteiger partial charge on any atom is -0.486 e. The average molecular weight is 263 g/mol. The number of fused-ring (bicyclic) bond motifs is 1. The Bertz CT molecular complexity index is 616. The molecule has 0 saturated heterocycles. The van der Waals surface area contributed by atoms with Crippen LogP contribution in [-0.4, -0.2) is 13.2 Å². The molecule has 0 spiro atoms. The van der Waals surface area contributed by atoms with Gasteiger partial charge in [0, 0.05) is 17.8 Å². The Morgan fingerprint density at radius 3 is 2.53 bits per heavy atom. The SMILES string of the molecule is Fc1ccc(F)c(Nc2ccc3c(c2)OCCO3)c1. The molecular weight excluding hydrogens is 252 g/mol. The number of anilines is 2. The first-order valence-corrected chi connectivity index (χ1v) is 5.84. The fraction of sp³-hybridized carbons (Fsp3) is 0.143. The van der Waals surface area contributed by atoms with Gasteiger partial charge in [0.1, 0.15) is 24.8 Å². The summed E-state index contributed by atoms with van der Waals surface area (Å²) in [6, 6.07) is 8.40. The summed E-state index contributed by atoms with van der Waals surface area (Å²) in [5, 5.41) is 2.81. The van der Waals surface area contributed by atoms with Crippen LogP contribution in [0, 0.1) is 11.6 Å². The quantitative estimate of drug-likeness (QED) is 0.899. The number of rotatable bonds is 2. The fourth-order valence-corrected chi connectivity index (χ4v) is 1.87. The number of hydrogen-bond acceptors (Lipinski definition) is 3. The molecule has 3 rings (SSSR count). The van der Waals surface area contributed by atoms with E-state index in [-0.39, 0.29) is 5.69 Å². The van der Waals surface area contributed by atoms with E-state index < -0.39 is 11.6 Å². The first-order valence-electron chi connectivity index (χ1n) is 5.84. The van der Waals surface area contributed by atoms with Gasteiger partial charge in [0.15, 0.2) is 11.5 Å². The summed E-state index contributed by atoms with van der Waals surface area (Å²) < 4.78 is 37.4. The normalized spacial score (nSPS) is 13.2. The number of benzene rings is 2. The maximum atomic E-state index is 13.5. The molecule has 0 amide bonds. The lowest BCUT2D eigenvalue weighted by molar-refractivity contribution is 0.171. The van der Waals surface area contributed by atoms with Gasteiger partial charge in [-0.05, 0) is 24.3 Å². The van der Waals surface area contributed by atoms with E-state index in [2.05, 4.69) is 5.32 Å². The van der Waals surface area contributed by atoms with Crippen molar-refractivity contribution in [2.75, 3.05) is 18.5 Å². The van der Waals surface area contributed by atoms with Gasteiger partial charge in [0.05, 0.1) is 5.69 Å². The van der Waals surface area contributed by atoms with Gasteiger partial charge in [-0.2, -0.15) is 0 Å². The molecule has 0 aliphatic carbocycles. The van der Waals surface area contributed by atoms with Crippen molar-refractivity contribution >= 4 is 11.4 Å². The smallest absolute Gasteiger partial charge is 0.163 e. The molecule has 1 aliphatic rings. The number of nitrogens with one attached hydrogen (secondary N) is 1. The third-order valence-electron chi connectivity index (χ3n) is 2.75. The zero-order chi connectivity index (χ0) is 13.2. The highest BCUT2D eigenvalue weighted by Crippen LogP contribution is 2.34. The summed E-state index contributed by atoms with van der Waals surface area (Å²) in [4.78, 5) is 0. The molecule has 0 fully saturated rings.